The second-order valence-electron chi connectivity index (χ2n) is 7.60. The number of rotatable bonds is 5. The highest BCUT2D eigenvalue weighted by Gasteiger charge is 2.32. The predicted molar refractivity (Wildman–Crippen MR) is 124 cm³/mol. The maximum atomic E-state index is 12.7. The molecule has 5 rings (SSSR count). The summed E-state index contributed by atoms with van der Waals surface area (Å²) in [5.74, 6) is 0.631. The number of hydrogen-bond acceptors (Lipinski definition) is 4. The number of Topliss-reactive ketones (excluding diaryl/α,β-unsaturated/α-hetero) is 2. The van der Waals surface area contributed by atoms with Crippen molar-refractivity contribution in [1.82, 2.24) is 0 Å². The maximum absolute atomic E-state index is 12.7. The second kappa shape index (κ2) is 8.16. The fourth-order valence-corrected chi connectivity index (χ4v) is 4.04. The molecule has 32 heavy (non-hydrogen) atoms. The average molecular weight is 420 g/mol. The van der Waals surface area contributed by atoms with E-state index in [9.17, 15) is 9.59 Å². The minimum Gasteiger partial charge on any atom is -0.493 e. The summed E-state index contributed by atoms with van der Waals surface area (Å²) >= 11 is 0. The Morgan fingerprint density at radius 1 is 0.750 bits per heavy atom. The third-order valence-corrected chi connectivity index (χ3v) is 5.67. The Labute approximate surface area is 185 Å². The van der Waals surface area contributed by atoms with Gasteiger partial charge in [0.1, 0.15) is 6.61 Å². The number of carbonyl (C=O) groups excluding carboxylic acids is 2. The second-order valence-corrected chi connectivity index (χ2v) is 7.60. The number of hydrogen-bond donors (Lipinski definition) is 0. The lowest BCUT2D eigenvalue weighted by Gasteiger charge is -2.13. The molecular weight excluding hydrogens is 400 g/mol. The largest absolute Gasteiger partial charge is 0.493 e. The minimum atomic E-state index is -0.249. The first-order valence-corrected chi connectivity index (χ1v) is 10.3. The first-order valence-electron chi connectivity index (χ1n) is 10.3. The first-order chi connectivity index (χ1) is 15.7. The highest BCUT2D eigenvalue weighted by Crippen LogP contribution is 2.32. The van der Waals surface area contributed by atoms with Crippen LogP contribution >= 0.6 is 0 Å². The Balaban J connectivity index is 1.41. The van der Waals surface area contributed by atoms with Crippen molar-refractivity contribution in [3.63, 3.8) is 0 Å². The van der Waals surface area contributed by atoms with Crippen LogP contribution in [0, 0.1) is 0 Å². The SMILES string of the molecule is COc1cc(C=C2C(=O)c3ccccc3C2=O)ccc1OCc1cccc2ccccc12. The number of ketones is 2. The number of fused-ring (bicyclic) bond motifs is 2. The molecule has 0 fully saturated rings. The van der Waals surface area contributed by atoms with Crippen LogP contribution in [0.4, 0.5) is 0 Å². The summed E-state index contributed by atoms with van der Waals surface area (Å²) in [6.45, 7) is 0.393. The Bertz CT molecular complexity index is 1360. The quantitative estimate of drug-likeness (QED) is 0.298. The summed E-state index contributed by atoms with van der Waals surface area (Å²) in [4.78, 5) is 25.3. The van der Waals surface area contributed by atoms with E-state index in [4.69, 9.17) is 9.47 Å². The molecule has 4 heteroatoms. The van der Waals surface area contributed by atoms with E-state index in [1.54, 1.807) is 49.6 Å². The molecule has 0 bridgehead atoms. The van der Waals surface area contributed by atoms with E-state index in [1.165, 1.54) is 0 Å². The lowest BCUT2D eigenvalue weighted by atomic mass is 10.1. The molecule has 0 aromatic heterocycles. The van der Waals surface area contributed by atoms with Gasteiger partial charge >= 0.3 is 0 Å². The zero-order valence-corrected chi connectivity index (χ0v) is 17.5. The molecule has 0 atom stereocenters. The van der Waals surface area contributed by atoms with Gasteiger partial charge in [-0.2, -0.15) is 0 Å². The lowest BCUT2D eigenvalue weighted by Crippen LogP contribution is -2.01. The van der Waals surface area contributed by atoms with Crippen LogP contribution in [-0.4, -0.2) is 18.7 Å². The zero-order valence-electron chi connectivity index (χ0n) is 17.5. The fourth-order valence-electron chi connectivity index (χ4n) is 4.04. The molecule has 156 valence electrons. The topological polar surface area (TPSA) is 52.6 Å². The summed E-state index contributed by atoms with van der Waals surface area (Å²) in [6.07, 6.45) is 1.61. The molecular formula is C28H20O4. The predicted octanol–water partition coefficient (Wildman–Crippen LogP) is 5.89. The van der Waals surface area contributed by atoms with Gasteiger partial charge in [-0.05, 0) is 40.1 Å². The molecule has 0 heterocycles. The van der Waals surface area contributed by atoms with Gasteiger partial charge in [0, 0.05) is 11.1 Å². The van der Waals surface area contributed by atoms with E-state index in [-0.39, 0.29) is 17.1 Å². The standard InChI is InChI=1S/C28H20O4/c1-31-26-16-18(15-24-27(29)22-11-4-5-12-23(22)28(24)30)13-14-25(26)32-17-20-9-6-8-19-7-2-3-10-21(19)20/h2-16H,17H2,1H3. The first kappa shape index (κ1) is 19.8. The number of methoxy groups -OCH3 is 1. The number of ether oxygens (including phenoxy) is 2. The molecule has 4 aromatic carbocycles. The van der Waals surface area contributed by atoms with E-state index >= 15 is 0 Å². The lowest BCUT2D eigenvalue weighted by molar-refractivity contribution is 0.0990. The highest BCUT2D eigenvalue weighted by atomic mass is 16.5. The third-order valence-electron chi connectivity index (χ3n) is 5.67. The number of carbonyl (C=O) groups is 2. The van der Waals surface area contributed by atoms with E-state index in [0.29, 0.717) is 34.8 Å². The van der Waals surface area contributed by atoms with Crippen LogP contribution in [0.5, 0.6) is 11.5 Å². The highest BCUT2D eigenvalue weighted by molar-refractivity contribution is 6.41. The zero-order chi connectivity index (χ0) is 22.1. The van der Waals surface area contributed by atoms with Crippen molar-refractivity contribution in [3.8, 4) is 11.5 Å². The van der Waals surface area contributed by atoms with Crippen LogP contribution in [-0.2, 0) is 6.61 Å². The van der Waals surface area contributed by atoms with Gasteiger partial charge in [-0.3, -0.25) is 9.59 Å². The van der Waals surface area contributed by atoms with Gasteiger partial charge in [0.2, 0.25) is 0 Å². The van der Waals surface area contributed by atoms with Crippen LogP contribution in [0.3, 0.4) is 0 Å². The molecule has 0 radical (unpaired) electrons. The fraction of sp³-hybridized carbons (Fsp3) is 0.0714. The normalized spacial score (nSPS) is 12.7. The number of benzene rings is 4. The van der Waals surface area contributed by atoms with Crippen LogP contribution < -0.4 is 9.47 Å². The smallest absolute Gasteiger partial charge is 0.197 e. The summed E-state index contributed by atoms with van der Waals surface area (Å²) < 4.78 is 11.6. The van der Waals surface area contributed by atoms with Crippen LogP contribution in [0.1, 0.15) is 31.8 Å². The van der Waals surface area contributed by atoms with Crippen LogP contribution in [0.2, 0.25) is 0 Å². The molecule has 0 N–H and O–H groups in total. The molecule has 0 amide bonds. The Hall–Kier alpha value is -4.18. The number of allylic oxidation sites excluding steroid dienone is 1. The van der Waals surface area contributed by atoms with Crippen molar-refractivity contribution in [3.05, 3.63) is 113 Å². The van der Waals surface area contributed by atoms with E-state index < -0.39 is 0 Å². The van der Waals surface area contributed by atoms with Crippen molar-refractivity contribution in [2.24, 2.45) is 0 Å². The van der Waals surface area contributed by atoms with Crippen molar-refractivity contribution < 1.29 is 19.1 Å². The van der Waals surface area contributed by atoms with Gasteiger partial charge in [-0.1, -0.05) is 72.8 Å². The van der Waals surface area contributed by atoms with E-state index in [1.807, 2.05) is 30.3 Å². The summed E-state index contributed by atoms with van der Waals surface area (Å²) in [5, 5.41) is 2.31. The maximum Gasteiger partial charge on any atom is 0.197 e. The molecule has 0 spiro atoms. The van der Waals surface area contributed by atoms with Crippen molar-refractivity contribution in [1.29, 1.82) is 0 Å². The Kier molecular flexibility index (Phi) is 5.04. The van der Waals surface area contributed by atoms with Crippen molar-refractivity contribution >= 4 is 28.4 Å². The van der Waals surface area contributed by atoms with E-state index in [0.717, 1.165) is 16.3 Å². The molecule has 0 saturated heterocycles. The molecule has 0 aliphatic heterocycles. The summed E-state index contributed by atoms with van der Waals surface area (Å²) in [7, 11) is 1.57. The van der Waals surface area contributed by atoms with Crippen LogP contribution in [0.25, 0.3) is 16.8 Å². The summed E-state index contributed by atoms with van der Waals surface area (Å²) in [6, 6.07) is 26.6. The van der Waals surface area contributed by atoms with Gasteiger partial charge in [0.05, 0.1) is 12.7 Å². The van der Waals surface area contributed by atoms with Crippen LogP contribution in [0.15, 0.2) is 90.5 Å². The monoisotopic (exact) mass is 420 g/mol. The van der Waals surface area contributed by atoms with Gasteiger partial charge in [-0.25, -0.2) is 0 Å². The van der Waals surface area contributed by atoms with Gasteiger partial charge in [-0.15, -0.1) is 0 Å². The Morgan fingerprint density at radius 2 is 1.44 bits per heavy atom. The minimum absolute atomic E-state index is 0.165. The van der Waals surface area contributed by atoms with Gasteiger partial charge < -0.3 is 9.47 Å². The van der Waals surface area contributed by atoms with Gasteiger partial charge in [0.25, 0.3) is 0 Å². The molecule has 1 aliphatic rings. The van der Waals surface area contributed by atoms with Gasteiger partial charge in [0.15, 0.2) is 23.1 Å². The molecule has 0 saturated carbocycles. The molecule has 0 unspecified atom stereocenters. The molecule has 1 aliphatic carbocycles. The van der Waals surface area contributed by atoms with Crippen molar-refractivity contribution in [2.75, 3.05) is 7.11 Å². The Morgan fingerprint density at radius 3 is 2.19 bits per heavy atom. The summed E-state index contributed by atoms with van der Waals surface area (Å²) in [5.41, 5.74) is 2.84. The van der Waals surface area contributed by atoms with E-state index in [2.05, 4.69) is 18.2 Å². The third kappa shape index (κ3) is 3.46. The average Bonchev–Trinajstić information content (AvgIpc) is 3.08. The van der Waals surface area contributed by atoms with Crippen molar-refractivity contribution in [2.45, 2.75) is 6.61 Å². The molecule has 4 nitrogen and oxygen atoms in total. The molecule has 4 aromatic rings.